The minimum atomic E-state index is 1.18. The van der Waals surface area contributed by atoms with E-state index in [0.717, 1.165) is 0 Å². The van der Waals surface area contributed by atoms with Crippen molar-refractivity contribution in [3.05, 3.63) is 109 Å². The van der Waals surface area contributed by atoms with Crippen molar-refractivity contribution in [3.8, 4) is 5.69 Å². The number of hydrogen-bond donors (Lipinski definition) is 0. The van der Waals surface area contributed by atoms with Crippen LogP contribution in [0.4, 0.5) is 0 Å². The molecule has 0 atom stereocenters. The molecule has 4 rings (SSSR count). The van der Waals surface area contributed by atoms with Crippen LogP contribution in [0.2, 0.25) is 0 Å². The Morgan fingerprint density at radius 1 is 0.889 bits per heavy atom. The fourth-order valence-electron chi connectivity index (χ4n) is 3.70. The van der Waals surface area contributed by atoms with Gasteiger partial charge in [0.25, 0.3) is 0 Å². The highest BCUT2D eigenvalue weighted by molar-refractivity contribution is 6.09. The summed E-state index contributed by atoms with van der Waals surface area (Å²) < 4.78 is 2.35. The van der Waals surface area contributed by atoms with Gasteiger partial charge in [0.1, 0.15) is 0 Å². The van der Waals surface area contributed by atoms with Crippen molar-refractivity contribution in [3.63, 3.8) is 0 Å². The molecule has 0 aliphatic heterocycles. The third kappa shape index (κ3) is 3.02. The summed E-state index contributed by atoms with van der Waals surface area (Å²) in [7, 11) is 0. The van der Waals surface area contributed by atoms with E-state index in [0.29, 0.717) is 0 Å². The second-order valence-electron chi connectivity index (χ2n) is 6.76. The molecule has 0 unspecified atom stereocenters. The van der Waals surface area contributed by atoms with E-state index < -0.39 is 0 Å². The van der Waals surface area contributed by atoms with Crippen molar-refractivity contribution in [1.82, 2.24) is 4.57 Å². The fourth-order valence-corrected chi connectivity index (χ4v) is 3.70. The molecule has 132 valence electrons. The van der Waals surface area contributed by atoms with E-state index in [1.807, 2.05) is 6.08 Å². The highest BCUT2D eigenvalue weighted by Gasteiger charge is 2.11. The zero-order chi connectivity index (χ0) is 18.8. The summed E-state index contributed by atoms with van der Waals surface area (Å²) in [6, 6.07) is 24.1. The van der Waals surface area contributed by atoms with Crippen LogP contribution >= 0.6 is 0 Å². The Balaban J connectivity index is 1.89. The minimum Gasteiger partial charge on any atom is -0.309 e. The summed E-state index contributed by atoms with van der Waals surface area (Å²) in [5.41, 5.74) is 7.34. The van der Waals surface area contributed by atoms with Crippen molar-refractivity contribution >= 4 is 27.4 Å². The van der Waals surface area contributed by atoms with Gasteiger partial charge >= 0.3 is 0 Å². The number of hydrogen-bond acceptors (Lipinski definition) is 0. The Morgan fingerprint density at radius 2 is 1.63 bits per heavy atom. The van der Waals surface area contributed by atoms with Crippen molar-refractivity contribution in [1.29, 1.82) is 0 Å². The van der Waals surface area contributed by atoms with Crippen LogP contribution in [0.3, 0.4) is 0 Å². The van der Waals surface area contributed by atoms with Gasteiger partial charge in [-0.2, -0.15) is 0 Å². The second-order valence-corrected chi connectivity index (χ2v) is 6.76. The molecule has 27 heavy (non-hydrogen) atoms. The van der Waals surface area contributed by atoms with Crippen LogP contribution in [-0.2, 0) is 0 Å². The molecule has 0 N–H and O–H groups in total. The first-order valence-corrected chi connectivity index (χ1v) is 9.29. The molecular weight excluding hydrogens is 326 g/mol. The summed E-state index contributed by atoms with van der Waals surface area (Å²) in [6.07, 6.45) is 7.99. The first-order chi connectivity index (χ1) is 13.2. The van der Waals surface area contributed by atoms with Crippen molar-refractivity contribution in [2.24, 2.45) is 0 Å². The normalized spacial score (nSPS) is 12.3. The standard InChI is InChI=1S/C26H23N/c1-4-6-9-20(5-2)21-13-15-22(16-14-21)27-25-11-8-7-10-23(25)24-18-19(3)12-17-26(24)27/h4-18H,1H2,2-3H3/b9-6-,20-5+. The van der Waals surface area contributed by atoms with Gasteiger partial charge in [0.15, 0.2) is 0 Å². The van der Waals surface area contributed by atoms with Gasteiger partial charge in [-0.25, -0.2) is 0 Å². The molecule has 0 bridgehead atoms. The van der Waals surface area contributed by atoms with Gasteiger partial charge in [0, 0.05) is 16.5 Å². The van der Waals surface area contributed by atoms with E-state index in [1.54, 1.807) is 6.08 Å². The van der Waals surface area contributed by atoms with Crippen LogP contribution < -0.4 is 0 Å². The lowest BCUT2D eigenvalue weighted by Crippen LogP contribution is -1.94. The number of allylic oxidation sites excluding steroid dienone is 5. The van der Waals surface area contributed by atoms with Gasteiger partial charge < -0.3 is 4.57 Å². The monoisotopic (exact) mass is 349 g/mol. The van der Waals surface area contributed by atoms with Crippen LogP contribution in [0.25, 0.3) is 33.1 Å². The van der Waals surface area contributed by atoms with Crippen molar-refractivity contribution in [2.75, 3.05) is 0 Å². The van der Waals surface area contributed by atoms with Gasteiger partial charge in [0.2, 0.25) is 0 Å². The maximum atomic E-state index is 3.76. The molecule has 0 aliphatic rings. The molecular formula is C26H23N. The Labute approximate surface area is 160 Å². The van der Waals surface area contributed by atoms with Crippen molar-refractivity contribution < 1.29 is 0 Å². The predicted octanol–water partition coefficient (Wildman–Crippen LogP) is 7.24. The summed E-state index contributed by atoms with van der Waals surface area (Å²) in [5.74, 6) is 0. The third-order valence-corrected chi connectivity index (χ3v) is 5.01. The molecule has 0 amide bonds. The number of aryl methyl sites for hydroxylation is 1. The summed E-state index contributed by atoms with van der Waals surface area (Å²) in [6.45, 7) is 7.97. The number of fused-ring (bicyclic) bond motifs is 3. The molecule has 1 aromatic heterocycles. The van der Waals surface area contributed by atoms with Gasteiger partial charge in [0.05, 0.1) is 11.0 Å². The number of nitrogens with zero attached hydrogens (tertiary/aromatic N) is 1. The summed E-state index contributed by atoms with van der Waals surface area (Å²) in [5, 5.41) is 2.60. The molecule has 1 heterocycles. The van der Waals surface area contributed by atoms with E-state index in [2.05, 4.69) is 104 Å². The Morgan fingerprint density at radius 3 is 2.37 bits per heavy atom. The van der Waals surface area contributed by atoms with E-state index in [4.69, 9.17) is 0 Å². The largest absolute Gasteiger partial charge is 0.309 e. The topological polar surface area (TPSA) is 4.93 Å². The van der Waals surface area contributed by atoms with Crippen LogP contribution in [0.1, 0.15) is 18.1 Å². The van der Waals surface area contributed by atoms with Crippen molar-refractivity contribution in [2.45, 2.75) is 13.8 Å². The molecule has 0 saturated heterocycles. The minimum absolute atomic E-state index is 1.18. The van der Waals surface area contributed by atoms with Gasteiger partial charge in [-0.3, -0.25) is 0 Å². The maximum absolute atomic E-state index is 3.76. The third-order valence-electron chi connectivity index (χ3n) is 5.01. The quantitative estimate of drug-likeness (QED) is 0.342. The molecule has 0 spiro atoms. The van der Waals surface area contributed by atoms with Crippen LogP contribution in [0.5, 0.6) is 0 Å². The molecule has 3 aromatic carbocycles. The summed E-state index contributed by atoms with van der Waals surface area (Å²) in [4.78, 5) is 0. The van der Waals surface area contributed by atoms with Gasteiger partial charge in [-0.15, -0.1) is 0 Å². The highest BCUT2D eigenvalue weighted by Crippen LogP contribution is 2.32. The fraction of sp³-hybridized carbons (Fsp3) is 0.0769. The van der Waals surface area contributed by atoms with Gasteiger partial charge in [-0.1, -0.05) is 72.8 Å². The lowest BCUT2D eigenvalue weighted by Gasteiger charge is -2.10. The Bertz CT molecular complexity index is 1180. The number of para-hydroxylation sites is 1. The van der Waals surface area contributed by atoms with E-state index in [1.165, 1.54) is 44.2 Å². The zero-order valence-electron chi connectivity index (χ0n) is 15.8. The number of benzene rings is 3. The Kier molecular flexibility index (Phi) is 4.52. The summed E-state index contributed by atoms with van der Waals surface area (Å²) >= 11 is 0. The highest BCUT2D eigenvalue weighted by atomic mass is 15.0. The molecule has 1 nitrogen and oxygen atoms in total. The van der Waals surface area contributed by atoms with E-state index >= 15 is 0 Å². The lowest BCUT2D eigenvalue weighted by atomic mass is 10.0. The van der Waals surface area contributed by atoms with Crippen LogP contribution in [0.15, 0.2) is 97.6 Å². The van der Waals surface area contributed by atoms with Crippen LogP contribution in [-0.4, -0.2) is 4.57 Å². The molecule has 0 saturated carbocycles. The number of rotatable bonds is 4. The van der Waals surface area contributed by atoms with Gasteiger partial charge in [-0.05, 0) is 55.3 Å². The zero-order valence-corrected chi connectivity index (χ0v) is 15.8. The first-order valence-electron chi connectivity index (χ1n) is 9.29. The average Bonchev–Trinajstić information content (AvgIpc) is 3.03. The molecule has 0 aliphatic carbocycles. The van der Waals surface area contributed by atoms with Crippen LogP contribution in [0, 0.1) is 6.92 Å². The molecule has 1 heteroatoms. The van der Waals surface area contributed by atoms with E-state index in [-0.39, 0.29) is 0 Å². The molecule has 0 radical (unpaired) electrons. The number of aromatic nitrogens is 1. The predicted molar refractivity (Wildman–Crippen MR) is 119 cm³/mol. The SMILES string of the molecule is C=C/C=C\C(=C/C)c1ccc(-n2c3ccccc3c3cc(C)ccc32)cc1. The maximum Gasteiger partial charge on any atom is 0.0541 e. The smallest absolute Gasteiger partial charge is 0.0541 e. The van der Waals surface area contributed by atoms with E-state index in [9.17, 15) is 0 Å². The molecule has 4 aromatic rings. The Hall–Kier alpha value is -3.32. The second kappa shape index (κ2) is 7.13. The first kappa shape index (κ1) is 17.1. The lowest BCUT2D eigenvalue weighted by molar-refractivity contribution is 1.18. The molecule has 0 fully saturated rings. The average molecular weight is 349 g/mol.